The average Bonchev–Trinajstić information content (AvgIpc) is 2.76. The van der Waals surface area contributed by atoms with E-state index in [0.717, 1.165) is 17.4 Å². The fraction of sp³-hybridized carbons (Fsp3) is 0.368. The van der Waals surface area contributed by atoms with Gasteiger partial charge in [-0.2, -0.15) is 0 Å². The van der Waals surface area contributed by atoms with Gasteiger partial charge in [0.25, 0.3) is 0 Å². The number of carbonyl (C=O) groups is 2. The third-order valence-corrected chi connectivity index (χ3v) is 4.60. The van der Waals surface area contributed by atoms with Crippen LogP contribution in [-0.2, 0) is 4.79 Å². The van der Waals surface area contributed by atoms with Crippen LogP contribution in [0.1, 0.15) is 31.9 Å². The standard InChI is InChI=1S/C19H23N3O2/c1-13(16-9-8-15-6-3-4-7-17(15)12-16)21-19(24)22-11-5-10-20-18(23)14(22)2/h3-4,6-9,12-14H,5,10-11H2,1-2H3,(H,20,23)(H,21,24)/t13-,14-/m1/s1. The van der Waals surface area contributed by atoms with E-state index in [9.17, 15) is 9.59 Å². The molecule has 2 aromatic rings. The largest absolute Gasteiger partial charge is 0.354 e. The van der Waals surface area contributed by atoms with Gasteiger partial charge in [0.05, 0.1) is 6.04 Å². The van der Waals surface area contributed by atoms with Crippen LogP contribution in [0.25, 0.3) is 10.8 Å². The van der Waals surface area contributed by atoms with Crippen LogP contribution in [0.5, 0.6) is 0 Å². The van der Waals surface area contributed by atoms with Crippen LogP contribution >= 0.6 is 0 Å². The molecular weight excluding hydrogens is 302 g/mol. The number of amides is 3. The van der Waals surface area contributed by atoms with E-state index in [1.807, 2.05) is 25.1 Å². The third kappa shape index (κ3) is 3.35. The molecule has 1 saturated heterocycles. The summed E-state index contributed by atoms with van der Waals surface area (Å²) in [5, 5.41) is 8.17. The molecule has 126 valence electrons. The number of urea groups is 1. The second-order valence-electron chi connectivity index (χ2n) is 6.29. The first kappa shape index (κ1) is 16.3. The first-order valence-corrected chi connectivity index (χ1v) is 8.40. The lowest BCUT2D eigenvalue weighted by molar-refractivity contribution is -0.124. The number of rotatable bonds is 2. The van der Waals surface area contributed by atoms with Crippen molar-refractivity contribution < 1.29 is 9.59 Å². The zero-order valence-corrected chi connectivity index (χ0v) is 14.1. The molecule has 1 aliphatic rings. The molecule has 1 aliphatic heterocycles. The van der Waals surface area contributed by atoms with Crippen molar-refractivity contribution in [2.24, 2.45) is 0 Å². The van der Waals surface area contributed by atoms with Gasteiger partial charge in [0.15, 0.2) is 0 Å². The number of hydrogen-bond acceptors (Lipinski definition) is 2. The van der Waals surface area contributed by atoms with Gasteiger partial charge in [0, 0.05) is 13.1 Å². The molecule has 2 atom stereocenters. The minimum absolute atomic E-state index is 0.0963. The van der Waals surface area contributed by atoms with Gasteiger partial charge in [0.2, 0.25) is 5.91 Å². The maximum absolute atomic E-state index is 12.6. The molecule has 1 fully saturated rings. The van der Waals surface area contributed by atoms with Crippen molar-refractivity contribution in [1.82, 2.24) is 15.5 Å². The molecule has 2 aromatic carbocycles. The quantitative estimate of drug-likeness (QED) is 0.892. The van der Waals surface area contributed by atoms with E-state index in [2.05, 4.69) is 34.9 Å². The molecular formula is C19H23N3O2. The van der Waals surface area contributed by atoms with Crippen molar-refractivity contribution in [1.29, 1.82) is 0 Å². The molecule has 5 heteroatoms. The zero-order valence-electron chi connectivity index (χ0n) is 14.1. The van der Waals surface area contributed by atoms with Crippen LogP contribution in [-0.4, -0.2) is 36.0 Å². The number of hydrogen-bond donors (Lipinski definition) is 2. The summed E-state index contributed by atoms with van der Waals surface area (Å²) in [5.74, 6) is -0.0963. The summed E-state index contributed by atoms with van der Waals surface area (Å²) in [6.07, 6.45) is 0.772. The molecule has 24 heavy (non-hydrogen) atoms. The highest BCUT2D eigenvalue weighted by Crippen LogP contribution is 2.20. The lowest BCUT2D eigenvalue weighted by Gasteiger charge is -2.27. The van der Waals surface area contributed by atoms with Gasteiger partial charge in [-0.25, -0.2) is 4.79 Å². The van der Waals surface area contributed by atoms with Crippen molar-refractivity contribution in [2.45, 2.75) is 32.4 Å². The van der Waals surface area contributed by atoms with Crippen molar-refractivity contribution in [3.05, 3.63) is 48.0 Å². The highest BCUT2D eigenvalue weighted by Gasteiger charge is 2.28. The van der Waals surface area contributed by atoms with E-state index in [0.29, 0.717) is 13.1 Å². The van der Waals surface area contributed by atoms with Crippen LogP contribution < -0.4 is 10.6 Å². The predicted octanol–water partition coefficient (Wildman–Crippen LogP) is 2.82. The predicted molar refractivity (Wildman–Crippen MR) is 94.7 cm³/mol. The Kier molecular flexibility index (Phi) is 4.69. The Morgan fingerprint density at radius 3 is 2.79 bits per heavy atom. The summed E-state index contributed by atoms with van der Waals surface area (Å²) in [6, 6.07) is 13.6. The van der Waals surface area contributed by atoms with Crippen LogP contribution in [0.2, 0.25) is 0 Å². The molecule has 1 heterocycles. The highest BCUT2D eigenvalue weighted by molar-refractivity contribution is 5.87. The number of fused-ring (bicyclic) bond motifs is 1. The lowest BCUT2D eigenvalue weighted by Crippen LogP contribution is -2.49. The summed E-state index contributed by atoms with van der Waals surface area (Å²) >= 11 is 0. The first-order valence-electron chi connectivity index (χ1n) is 8.40. The smallest absolute Gasteiger partial charge is 0.318 e. The van der Waals surface area contributed by atoms with E-state index in [1.54, 1.807) is 11.8 Å². The van der Waals surface area contributed by atoms with Gasteiger partial charge in [-0.1, -0.05) is 36.4 Å². The second-order valence-corrected chi connectivity index (χ2v) is 6.29. The Balaban J connectivity index is 1.73. The Labute approximate surface area is 142 Å². The Morgan fingerprint density at radius 1 is 1.25 bits per heavy atom. The fourth-order valence-electron chi connectivity index (χ4n) is 3.05. The first-order chi connectivity index (χ1) is 11.6. The number of nitrogens with one attached hydrogen (secondary N) is 2. The minimum atomic E-state index is -0.448. The molecule has 3 rings (SSSR count). The van der Waals surface area contributed by atoms with Crippen molar-refractivity contribution in [3.8, 4) is 0 Å². The van der Waals surface area contributed by atoms with Crippen LogP contribution in [0, 0.1) is 0 Å². The molecule has 0 spiro atoms. The number of carbonyl (C=O) groups excluding carboxylic acids is 2. The SMILES string of the molecule is C[C@@H]1C(=O)NCCCN1C(=O)N[C@H](C)c1ccc2ccccc2c1. The maximum Gasteiger partial charge on any atom is 0.318 e. The Morgan fingerprint density at radius 2 is 2.00 bits per heavy atom. The van der Waals surface area contributed by atoms with Gasteiger partial charge in [-0.15, -0.1) is 0 Å². The van der Waals surface area contributed by atoms with Gasteiger partial charge < -0.3 is 15.5 Å². The van der Waals surface area contributed by atoms with Gasteiger partial charge >= 0.3 is 6.03 Å². The zero-order chi connectivity index (χ0) is 17.1. The molecule has 0 aromatic heterocycles. The molecule has 3 amide bonds. The lowest BCUT2D eigenvalue weighted by atomic mass is 10.0. The number of nitrogens with zero attached hydrogens (tertiary/aromatic N) is 1. The van der Waals surface area contributed by atoms with Crippen LogP contribution in [0.4, 0.5) is 4.79 Å². The molecule has 0 radical (unpaired) electrons. The van der Waals surface area contributed by atoms with E-state index in [4.69, 9.17) is 0 Å². The van der Waals surface area contributed by atoms with E-state index in [1.165, 1.54) is 5.39 Å². The topological polar surface area (TPSA) is 61.4 Å². The Hall–Kier alpha value is -2.56. The van der Waals surface area contributed by atoms with Crippen molar-refractivity contribution in [2.75, 3.05) is 13.1 Å². The number of benzene rings is 2. The molecule has 2 N–H and O–H groups in total. The third-order valence-electron chi connectivity index (χ3n) is 4.60. The van der Waals surface area contributed by atoms with E-state index < -0.39 is 6.04 Å². The van der Waals surface area contributed by atoms with Crippen molar-refractivity contribution >= 4 is 22.7 Å². The normalized spacial score (nSPS) is 19.5. The van der Waals surface area contributed by atoms with Gasteiger partial charge in [0.1, 0.15) is 6.04 Å². The fourth-order valence-corrected chi connectivity index (χ4v) is 3.05. The van der Waals surface area contributed by atoms with Crippen LogP contribution in [0.3, 0.4) is 0 Å². The summed E-state index contributed by atoms with van der Waals surface area (Å²) in [7, 11) is 0. The summed E-state index contributed by atoms with van der Waals surface area (Å²) in [4.78, 5) is 26.1. The minimum Gasteiger partial charge on any atom is -0.354 e. The van der Waals surface area contributed by atoms with E-state index in [-0.39, 0.29) is 18.0 Å². The summed E-state index contributed by atoms with van der Waals surface area (Å²) in [5.41, 5.74) is 1.05. The monoisotopic (exact) mass is 325 g/mol. The van der Waals surface area contributed by atoms with Crippen molar-refractivity contribution in [3.63, 3.8) is 0 Å². The molecule has 5 nitrogen and oxygen atoms in total. The highest BCUT2D eigenvalue weighted by atomic mass is 16.2. The molecule has 0 aliphatic carbocycles. The molecule has 0 unspecified atom stereocenters. The second kappa shape index (κ2) is 6.91. The van der Waals surface area contributed by atoms with E-state index >= 15 is 0 Å². The summed E-state index contributed by atoms with van der Waals surface area (Å²) < 4.78 is 0. The Bertz CT molecular complexity index is 759. The maximum atomic E-state index is 12.6. The summed E-state index contributed by atoms with van der Waals surface area (Å²) in [6.45, 7) is 4.93. The molecule has 0 saturated carbocycles. The van der Waals surface area contributed by atoms with Gasteiger partial charge in [-0.05, 0) is 42.7 Å². The van der Waals surface area contributed by atoms with Gasteiger partial charge in [-0.3, -0.25) is 4.79 Å². The molecule has 0 bridgehead atoms. The van der Waals surface area contributed by atoms with Crippen LogP contribution in [0.15, 0.2) is 42.5 Å². The average molecular weight is 325 g/mol.